The Morgan fingerprint density at radius 3 is 0.825 bits per heavy atom. The Morgan fingerprint density at radius 2 is 0.512 bits per heavy atom. The zero-order valence-corrected chi connectivity index (χ0v) is 52.3. The van der Waals surface area contributed by atoms with Gasteiger partial charge in [-0.2, -0.15) is 0 Å². The summed E-state index contributed by atoms with van der Waals surface area (Å²) in [4.78, 5) is 38.3. The predicted molar refractivity (Wildman–Crippen MR) is 348 cm³/mol. The Balaban J connectivity index is 4.30. The van der Waals surface area contributed by atoms with E-state index in [-0.39, 0.29) is 31.1 Å². The normalized spacial score (nSPS) is 12.9. The second-order valence-corrected chi connectivity index (χ2v) is 22.0. The van der Waals surface area contributed by atoms with Gasteiger partial charge < -0.3 is 14.2 Å². The highest BCUT2D eigenvalue weighted by molar-refractivity contribution is 5.71. The number of allylic oxidation sites excluding steroid dienone is 20. The van der Waals surface area contributed by atoms with Crippen LogP contribution in [0.2, 0.25) is 0 Å². The van der Waals surface area contributed by atoms with Crippen LogP contribution in [0.3, 0.4) is 0 Å². The lowest BCUT2D eigenvalue weighted by molar-refractivity contribution is -0.167. The van der Waals surface area contributed by atoms with Crippen molar-refractivity contribution in [2.24, 2.45) is 0 Å². The molecule has 0 fully saturated rings. The summed E-state index contributed by atoms with van der Waals surface area (Å²) >= 11 is 0. The van der Waals surface area contributed by atoms with Crippen molar-refractivity contribution in [1.29, 1.82) is 0 Å². The second-order valence-electron chi connectivity index (χ2n) is 22.0. The fourth-order valence-corrected chi connectivity index (χ4v) is 9.16. The van der Waals surface area contributed by atoms with Crippen molar-refractivity contribution >= 4 is 17.9 Å². The first-order valence-electron chi connectivity index (χ1n) is 33.5. The van der Waals surface area contributed by atoms with Gasteiger partial charge in [0.2, 0.25) is 0 Å². The van der Waals surface area contributed by atoms with E-state index in [0.29, 0.717) is 19.3 Å². The van der Waals surface area contributed by atoms with Crippen molar-refractivity contribution < 1.29 is 28.6 Å². The molecule has 0 amide bonds. The van der Waals surface area contributed by atoms with Gasteiger partial charge in [0, 0.05) is 19.3 Å². The molecule has 0 saturated heterocycles. The molecule has 0 aromatic carbocycles. The molecule has 1 atom stereocenters. The fraction of sp³-hybridized carbons (Fsp3) is 0.689. The van der Waals surface area contributed by atoms with Crippen molar-refractivity contribution in [3.8, 4) is 0 Å². The summed E-state index contributed by atoms with van der Waals surface area (Å²) in [7, 11) is 0. The maximum Gasteiger partial charge on any atom is 0.306 e. The van der Waals surface area contributed by atoms with Gasteiger partial charge in [-0.05, 0) is 128 Å². The van der Waals surface area contributed by atoms with Gasteiger partial charge in [-0.15, -0.1) is 0 Å². The van der Waals surface area contributed by atoms with E-state index in [0.717, 1.165) is 141 Å². The first-order valence-corrected chi connectivity index (χ1v) is 33.5. The van der Waals surface area contributed by atoms with E-state index in [4.69, 9.17) is 14.2 Å². The average Bonchev–Trinajstić information content (AvgIpc) is 3.46. The lowest BCUT2D eigenvalue weighted by atomic mass is 10.1. The fourth-order valence-electron chi connectivity index (χ4n) is 9.16. The van der Waals surface area contributed by atoms with E-state index in [1.807, 2.05) is 0 Å². The van der Waals surface area contributed by atoms with Gasteiger partial charge in [-0.1, -0.05) is 284 Å². The number of esters is 3. The van der Waals surface area contributed by atoms with Crippen LogP contribution in [0.5, 0.6) is 0 Å². The monoisotopic (exact) mass is 1110 g/mol. The third-order valence-corrected chi connectivity index (χ3v) is 14.2. The lowest BCUT2D eigenvalue weighted by Gasteiger charge is -2.18. The number of carbonyl (C=O) groups excluding carboxylic acids is 3. The highest BCUT2D eigenvalue weighted by Crippen LogP contribution is 2.16. The van der Waals surface area contributed by atoms with Gasteiger partial charge in [0.25, 0.3) is 0 Å². The van der Waals surface area contributed by atoms with Gasteiger partial charge in [-0.25, -0.2) is 0 Å². The quantitative estimate of drug-likeness (QED) is 0.0261. The topological polar surface area (TPSA) is 78.9 Å². The summed E-state index contributed by atoms with van der Waals surface area (Å²) in [5.74, 6) is -0.906. The minimum atomic E-state index is -0.792. The van der Waals surface area contributed by atoms with Gasteiger partial charge in [0.15, 0.2) is 6.10 Å². The third-order valence-electron chi connectivity index (χ3n) is 14.2. The third kappa shape index (κ3) is 64.6. The van der Waals surface area contributed by atoms with Crippen LogP contribution in [0.25, 0.3) is 0 Å². The standard InChI is InChI=1S/C74H124O6/c1-4-7-10-13-16-19-22-25-27-29-31-32-33-34-35-36-37-38-39-40-41-42-43-45-46-49-52-55-58-61-64-67-73(76)79-70-71(69-78-72(75)66-63-60-57-54-51-48-24-21-18-15-12-9-6-3)80-74(77)68-65-62-59-56-53-50-47-44-30-28-26-23-20-17-14-11-8-5-2/h7,10,12,15-16,19,21,24-25,27-28,30-32,34-35,37-38,40-41,71H,4-6,8-9,11,13-14,17-18,20,22-23,26,29,33,36,39,42-70H2,1-3H3/b10-7-,15-12-,19-16-,24-21-,27-25-,30-28-,32-31-,35-34-,38-37-,41-40-. The molecule has 0 spiro atoms. The molecule has 0 bridgehead atoms. The summed E-state index contributed by atoms with van der Waals surface area (Å²) in [5.41, 5.74) is 0. The van der Waals surface area contributed by atoms with Crippen molar-refractivity contribution in [3.05, 3.63) is 122 Å². The van der Waals surface area contributed by atoms with Gasteiger partial charge >= 0.3 is 17.9 Å². The molecule has 0 aliphatic carbocycles. The van der Waals surface area contributed by atoms with E-state index in [1.165, 1.54) is 128 Å². The molecule has 0 aliphatic heterocycles. The molecule has 0 radical (unpaired) electrons. The maximum atomic E-state index is 12.9. The van der Waals surface area contributed by atoms with E-state index < -0.39 is 6.10 Å². The van der Waals surface area contributed by atoms with Crippen molar-refractivity contribution in [1.82, 2.24) is 0 Å². The Morgan fingerprint density at radius 1 is 0.263 bits per heavy atom. The van der Waals surface area contributed by atoms with Crippen LogP contribution >= 0.6 is 0 Å². The van der Waals surface area contributed by atoms with Crippen LogP contribution in [-0.2, 0) is 28.6 Å². The van der Waals surface area contributed by atoms with E-state index in [1.54, 1.807) is 0 Å². The van der Waals surface area contributed by atoms with Gasteiger partial charge in [0.05, 0.1) is 0 Å². The lowest BCUT2D eigenvalue weighted by Crippen LogP contribution is -2.30. The van der Waals surface area contributed by atoms with Gasteiger partial charge in [0.1, 0.15) is 13.2 Å². The Hall–Kier alpha value is -4.19. The van der Waals surface area contributed by atoms with Crippen LogP contribution in [0.15, 0.2) is 122 Å². The molecule has 6 heteroatoms. The molecular formula is C74H124O6. The number of ether oxygens (including phenoxy) is 3. The van der Waals surface area contributed by atoms with Crippen LogP contribution in [0, 0.1) is 0 Å². The SMILES string of the molecule is CC/C=C\C/C=C\C/C=C\C/C=C\C/C=C\C/C=C\C/C=C\CCCCCCCCCCCC(=O)OCC(COC(=O)CCCCCCC/C=C\C/C=C\CCC)OC(=O)CCCCCCCCC/C=C\CCCCCCCCC. The number of hydrogen-bond donors (Lipinski definition) is 0. The Kier molecular flexibility index (Phi) is 63.8. The molecule has 80 heavy (non-hydrogen) atoms. The van der Waals surface area contributed by atoms with Crippen LogP contribution in [0.4, 0.5) is 0 Å². The molecule has 0 rings (SSSR count). The van der Waals surface area contributed by atoms with Crippen molar-refractivity contribution in [2.45, 2.75) is 316 Å². The average molecular weight is 1110 g/mol. The molecule has 0 saturated carbocycles. The smallest absolute Gasteiger partial charge is 0.306 e. The molecule has 456 valence electrons. The number of unbranched alkanes of at least 4 members (excludes halogenated alkanes) is 29. The van der Waals surface area contributed by atoms with Crippen molar-refractivity contribution in [2.75, 3.05) is 13.2 Å². The molecule has 0 N–H and O–H groups in total. The Bertz CT molecular complexity index is 1650. The molecular weight excluding hydrogens is 985 g/mol. The molecule has 0 aliphatic rings. The van der Waals surface area contributed by atoms with E-state index in [9.17, 15) is 14.4 Å². The summed E-state index contributed by atoms with van der Waals surface area (Å²) in [5, 5.41) is 0. The largest absolute Gasteiger partial charge is 0.462 e. The highest BCUT2D eigenvalue weighted by Gasteiger charge is 2.19. The number of rotatable bonds is 60. The van der Waals surface area contributed by atoms with Crippen molar-refractivity contribution in [3.63, 3.8) is 0 Å². The molecule has 0 aromatic heterocycles. The van der Waals surface area contributed by atoms with E-state index >= 15 is 0 Å². The zero-order valence-electron chi connectivity index (χ0n) is 52.3. The minimum Gasteiger partial charge on any atom is -0.462 e. The second kappa shape index (κ2) is 67.3. The predicted octanol–water partition coefficient (Wildman–Crippen LogP) is 23.2. The number of hydrogen-bond acceptors (Lipinski definition) is 6. The molecule has 1 unspecified atom stereocenters. The van der Waals surface area contributed by atoms with Crippen LogP contribution in [0.1, 0.15) is 310 Å². The maximum absolute atomic E-state index is 12.9. The minimum absolute atomic E-state index is 0.0884. The summed E-state index contributed by atoms with van der Waals surface area (Å²) < 4.78 is 16.9. The number of carbonyl (C=O) groups is 3. The molecule has 6 nitrogen and oxygen atoms in total. The van der Waals surface area contributed by atoms with Crippen LogP contribution in [-0.4, -0.2) is 37.2 Å². The summed E-state index contributed by atoms with van der Waals surface area (Å²) in [6, 6.07) is 0. The zero-order chi connectivity index (χ0) is 57.8. The van der Waals surface area contributed by atoms with Crippen LogP contribution < -0.4 is 0 Å². The summed E-state index contributed by atoms with van der Waals surface area (Å²) in [6.07, 6.45) is 93.5. The highest BCUT2D eigenvalue weighted by atomic mass is 16.6. The Labute approximate surface area is 494 Å². The van der Waals surface area contributed by atoms with E-state index in [2.05, 4.69) is 142 Å². The molecule has 0 aromatic rings. The first kappa shape index (κ1) is 75.8. The van der Waals surface area contributed by atoms with Gasteiger partial charge in [-0.3, -0.25) is 14.4 Å². The first-order chi connectivity index (χ1) is 39.5. The summed E-state index contributed by atoms with van der Waals surface area (Å²) in [6.45, 7) is 6.46. The molecule has 0 heterocycles.